The summed E-state index contributed by atoms with van der Waals surface area (Å²) in [7, 11) is 0. The lowest BCUT2D eigenvalue weighted by molar-refractivity contribution is -0.165. The van der Waals surface area contributed by atoms with E-state index in [0.29, 0.717) is 6.61 Å². The van der Waals surface area contributed by atoms with Gasteiger partial charge in [0.2, 0.25) is 0 Å². The van der Waals surface area contributed by atoms with Crippen molar-refractivity contribution >= 4 is 11.9 Å². The van der Waals surface area contributed by atoms with E-state index in [1.807, 2.05) is 6.92 Å². The summed E-state index contributed by atoms with van der Waals surface area (Å²) in [4.78, 5) is 22.2. The van der Waals surface area contributed by atoms with Crippen LogP contribution in [0.4, 0.5) is 0 Å². The third-order valence-corrected chi connectivity index (χ3v) is 2.78. The van der Waals surface area contributed by atoms with E-state index in [0.717, 1.165) is 12.8 Å². The van der Waals surface area contributed by atoms with Gasteiger partial charge in [-0.3, -0.25) is 0 Å². The second kappa shape index (κ2) is 6.35. The molecule has 0 saturated heterocycles. The van der Waals surface area contributed by atoms with Crippen molar-refractivity contribution in [1.82, 2.24) is 0 Å². The molecule has 0 aromatic heterocycles. The topological polar surface area (TPSA) is 72.8 Å². The number of hydrogen-bond acceptors (Lipinski definition) is 4. The van der Waals surface area contributed by atoms with Crippen molar-refractivity contribution in [2.75, 3.05) is 6.61 Å². The molecule has 100 valence electrons. The zero-order valence-electron chi connectivity index (χ0n) is 10.6. The average Bonchev–Trinajstić information content (AvgIpc) is 2.30. The molecule has 2 atom stereocenters. The maximum atomic E-state index is 11.6. The van der Waals surface area contributed by atoms with E-state index >= 15 is 0 Å². The van der Waals surface area contributed by atoms with Crippen molar-refractivity contribution in [3.8, 4) is 0 Å². The maximum Gasteiger partial charge on any atom is 0.337 e. The van der Waals surface area contributed by atoms with Crippen LogP contribution < -0.4 is 0 Å². The molecule has 0 heterocycles. The number of hydrogen-bond donors (Lipinski definition) is 1. The molecule has 0 spiro atoms. The molecule has 0 radical (unpaired) electrons. The minimum Gasteiger partial charge on any atom is -0.478 e. The van der Waals surface area contributed by atoms with Crippen molar-refractivity contribution in [2.45, 2.75) is 38.9 Å². The van der Waals surface area contributed by atoms with Crippen LogP contribution in [-0.2, 0) is 19.1 Å². The summed E-state index contributed by atoms with van der Waals surface area (Å²) >= 11 is 0. The highest BCUT2D eigenvalue weighted by atomic mass is 16.6. The lowest BCUT2D eigenvalue weighted by Crippen LogP contribution is -2.42. The molecule has 1 aliphatic rings. The standard InChI is InChI=1S/C13H18O5/c1-4-17-10-5-6-11(10)18-13(16)9(3)7-8(2)12(14)15/h7,10-11H,3-6H2,1-2H3,(H,14,15). The Bertz CT molecular complexity index is 383. The predicted octanol–water partition coefficient (Wildman–Crippen LogP) is 1.68. The normalized spacial score (nSPS) is 23.1. The van der Waals surface area contributed by atoms with Crippen LogP contribution in [0.3, 0.4) is 0 Å². The molecule has 0 amide bonds. The van der Waals surface area contributed by atoms with Crippen LogP contribution >= 0.6 is 0 Å². The van der Waals surface area contributed by atoms with Crippen LogP contribution in [0.2, 0.25) is 0 Å². The molecule has 2 unspecified atom stereocenters. The van der Waals surface area contributed by atoms with Gasteiger partial charge in [-0.25, -0.2) is 9.59 Å². The molecule has 1 N–H and O–H groups in total. The number of ether oxygens (including phenoxy) is 2. The van der Waals surface area contributed by atoms with Crippen LogP contribution in [0.15, 0.2) is 23.8 Å². The van der Waals surface area contributed by atoms with E-state index in [9.17, 15) is 9.59 Å². The van der Waals surface area contributed by atoms with Gasteiger partial charge in [0, 0.05) is 12.2 Å². The van der Waals surface area contributed by atoms with Crippen molar-refractivity contribution < 1.29 is 24.2 Å². The van der Waals surface area contributed by atoms with Gasteiger partial charge in [0.15, 0.2) is 0 Å². The average molecular weight is 254 g/mol. The molecule has 0 bridgehead atoms. The molecular weight excluding hydrogens is 236 g/mol. The number of carboxylic acids is 1. The first-order chi connectivity index (χ1) is 8.45. The van der Waals surface area contributed by atoms with E-state index in [4.69, 9.17) is 14.6 Å². The van der Waals surface area contributed by atoms with Crippen molar-refractivity contribution in [2.24, 2.45) is 0 Å². The Morgan fingerprint density at radius 1 is 1.39 bits per heavy atom. The lowest BCUT2D eigenvalue weighted by Gasteiger charge is -2.35. The fraction of sp³-hybridized carbons (Fsp3) is 0.538. The Labute approximate surface area is 106 Å². The molecule has 5 heteroatoms. The second-order valence-electron chi connectivity index (χ2n) is 4.17. The van der Waals surface area contributed by atoms with Crippen LogP contribution in [0, 0.1) is 0 Å². The van der Waals surface area contributed by atoms with E-state index in [1.165, 1.54) is 13.0 Å². The summed E-state index contributed by atoms with van der Waals surface area (Å²) in [5.74, 6) is -1.68. The summed E-state index contributed by atoms with van der Waals surface area (Å²) in [6, 6.07) is 0. The van der Waals surface area contributed by atoms with E-state index in [2.05, 4.69) is 6.58 Å². The van der Waals surface area contributed by atoms with Crippen LogP contribution in [-0.4, -0.2) is 35.9 Å². The molecule has 18 heavy (non-hydrogen) atoms. The monoisotopic (exact) mass is 254 g/mol. The minimum absolute atomic E-state index is 0.0389. The highest BCUT2D eigenvalue weighted by Gasteiger charge is 2.34. The zero-order valence-corrected chi connectivity index (χ0v) is 10.6. The fourth-order valence-corrected chi connectivity index (χ4v) is 1.57. The number of rotatable bonds is 6. The smallest absolute Gasteiger partial charge is 0.337 e. The maximum absolute atomic E-state index is 11.6. The van der Waals surface area contributed by atoms with Crippen molar-refractivity contribution in [3.63, 3.8) is 0 Å². The van der Waals surface area contributed by atoms with Gasteiger partial charge in [-0.1, -0.05) is 6.58 Å². The Kier molecular flexibility index (Phi) is 5.09. The van der Waals surface area contributed by atoms with Gasteiger partial charge in [0.25, 0.3) is 0 Å². The van der Waals surface area contributed by atoms with Crippen LogP contribution in [0.25, 0.3) is 0 Å². The fourth-order valence-electron chi connectivity index (χ4n) is 1.57. The first-order valence-electron chi connectivity index (χ1n) is 5.88. The van der Waals surface area contributed by atoms with E-state index in [1.54, 1.807) is 0 Å². The molecule has 1 aliphatic carbocycles. The van der Waals surface area contributed by atoms with E-state index in [-0.39, 0.29) is 23.4 Å². The number of carbonyl (C=O) groups excluding carboxylic acids is 1. The molecule has 1 rings (SSSR count). The van der Waals surface area contributed by atoms with Crippen molar-refractivity contribution in [3.05, 3.63) is 23.8 Å². The largest absolute Gasteiger partial charge is 0.478 e. The van der Waals surface area contributed by atoms with Crippen LogP contribution in [0.1, 0.15) is 26.7 Å². The third kappa shape index (κ3) is 3.70. The molecule has 1 fully saturated rings. The molecule has 5 nitrogen and oxygen atoms in total. The summed E-state index contributed by atoms with van der Waals surface area (Å²) in [6.45, 7) is 7.37. The number of esters is 1. The highest BCUT2D eigenvalue weighted by molar-refractivity contribution is 5.95. The Hall–Kier alpha value is -1.62. The predicted molar refractivity (Wildman–Crippen MR) is 65.1 cm³/mol. The zero-order chi connectivity index (χ0) is 13.7. The van der Waals surface area contributed by atoms with Gasteiger partial charge in [-0.05, 0) is 32.8 Å². The summed E-state index contributed by atoms with van der Waals surface area (Å²) < 4.78 is 10.6. The SMILES string of the molecule is C=C(C=C(C)C(=O)O)C(=O)OC1CCC1OCC. The quantitative estimate of drug-likeness (QED) is 0.443. The number of carbonyl (C=O) groups is 2. The summed E-state index contributed by atoms with van der Waals surface area (Å²) in [5, 5.41) is 8.68. The van der Waals surface area contributed by atoms with E-state index < -0.39 is 11.9 Å². The number of aliphatic carboxylic acids is 1. The summed E-state index contributed by atoms with van der Waals surface area (Å²) in [5.41, 5.74) is 0.0870. The Morgan fingerprint density at radius 3 is 2.44 bits per heavy atom. The van der Waals surface area contributed by atoms with Gasteiger partial charge in [-0.2, -0.15) is 0 Å². The molecule has 0 aromatic carbocycles. The summed E-state index contributed by atoms with van der Waals surface area (Å²) in [6.07, 6.45) is 2.57. The molecule has 0 aliphatic heterocycles. The lowest BCUT2D eigenvalue weighted by atomic mass is 9.91. The van der Waals surface area contributed by atoms with Gasteiger partial charge >= 0.3 is 11.9 Å². The van der Waals surface area contributed by atoms with Gasteiger partial charge < -0.3 is 14.6 Å². The first kappa shape index (κ1) is 14.4. The highest BCUT2D eigenvalue weighted by Crippen LogP contribution is 2.27. The van der Waals surface area contributed by atoms with Crippen LogP contribution in [0.5, 0.6) is 0 Å². The van der Waals surface area contributed by atoms with Gasteiger partial charge in [-0.15, -0.1) is 0 Å². The Morgan fingerprint density at radius 2 is 2.00 bits per heavy atom. The van der Waals surface area contributed by atoms with Crippen molar-refractivity contribution in [1.29, 1.82) is 0 Å². The number of carboxylic acid groups (broad SMARTS) is 1. The molecule has 0 aromatic rings. The van der Waals surface area contributed by atoms with Gasteiger partial charge in [0.05, 0.1) is 11.7 Å². The molecular formula is C13H18O5. The minimum atomic E-state index is -1.08. The van der Waals surface area contributed by atoms with Gasteiger partial charge in [0.1, 0.15) is 6.10 Å². The Balaban J connectivity index is 2.48. The second-order valence-corrected chi connectivity index (χ2v) is 4.17. The third-order valence-electron chi connectivity index (χ3n) is 2.78. The first-order valence-corrected chi connectivity index (χ1v) is 5.88. The molecule has 1 saturated carbocycles.